The van der Waals surface area contributed by atoms with Crippen LogP contribution in [0.2, 0.25) is 0 Å². The molecule has 1 aliphatic rings. The summed E-state index contributed by atoms with van der Waals surface area (Å²) in [6, 6.07) is 21.2. The molecule has 0 spiro atoms. The fraction of sp³-hybridized carbons (Fsp3) is 0.174. The number of para-hydroxylation sites is 2. The van der Waals surface area contributed by atoms with Gasteiger partial charge < -0.3 is 10.2 Å². The molecule has 4 aromatic rings. The molecule has 1 aromatic heterocycles. The summed E-state index contributed by atoms with van der Waals surface area (Å²) < 4.78 is 0. The Hall–Kier alpha value is -3.47. The van der Waals surface area contributed by atoms with Crippen LogP contribution in [-0.2, 0) is 0 Å². The van der Waals surface area contributed by atoms with E-state index in [1.807, 2.05) is 42.5 Å². The van der Waals surface area contributed by atoms with Gasteiger partial charge in [0.25, 0.3) is 5.91 Å². The fourth-order valence-electron chi connectivity index (χ4n) is 3.70. The minimum atomic E-state index is -0.147. The van der Waals surface area contributed by atoms with Crippen molar-refractivity contribution in [2.45, 2.75) is 12.8 Å². The van der Waals surface area contributed by atoms with Gasteiger partial charge in [-0.1, -0.05) is 12.1 Å². The monoisotopic (exact) mass is 368 g/mol. The fourth-order valence-corrected chi connectivity index (χ4v) is 3.70. The van der Waals surface area contributed by atoms with E-state index in [0.29, 0.717) is 5.56 Å². The van der Waals surface area contributed by atoms with E-state index < -0.39 is 0 Å². The molecule has 1 amide bonds. The van der Waals surface area contributed by atoms with E-state index in [0.717, 1.165) is 40.8 Å². The highest BCUT2D eigenvalue weighted by atomic mass is 16.1. The topological polar surface area (TPSA) is 58.1 Å². The summed E-state index contributed by atoms with van der Waals surface area (Å²) in [5.41, 5.74) is 5.75. The minimum Gasteiger partial charge on any atom is -0.372 e. The second-order valence-electron chi connectivity index (χ2n) is 7.11. The highest BCUT2D eigenvalue weighted by Gasteiger charge is 2.13. The maximum Gasteiger partial charge on any atom is 0.255 e. The molecule has 1 saturated heterocycles. The molecule has 28 heavy (non-hydrogen) atoms. The van der Waals surface area contributed by atoms with Crippen LogP contribution in [0.5, 0.6) is 0 Å². The number of rotatable bonds is 3. The summed E-state index contributed by atoms with van der Waals surface area (Å²) in [5, 5.41) is 2.97. The number of anilines is 2. The van der Waals surface area contributed by atoms with E-state index in [4.69, 9.17) is 0 Å². The lowest BCUT2D eigenvalue weighted by Crippen LogP contribution is -2.17. The standard InChI is InChI=1S/C23H20N4O/c28-23(24-17-8-10-18(11-9-17)27-13-3-4-14-27)16-7-12-21-22(15-16)26-20-6-2-1-5-19(20)25-21/h1-2,5-12,15H,3-4,13-14H2,(H,24,28). The Morgan fingerprint density at radius 2 is 1.43 bits per heavy atom. The number of carbonyl (C=O) groups is 1. The van der Waals surface area contributed by atoms with Crippen molar-refractivity contribution in [1.29, 1.82) is 0 Å². The average Bonchev–Trinajstić information content (AvgIpc) is 3.27. The van der Waals surface area contributed by atoms with Gasteiger partial charge in [0.2, 0.25) is 0 Å². The summed E-state index contributed by atoms with van der Waals surface area (Å²) in [4.78, 5) is 24.3. The van der Waals surface area contributed by atoms with Gasteiger partial charge in [0.1, 0.15) is 0 Å². The predicted molar refractivity (Wildman–Crippen MR) is 113 cm³/mol. The molecule has 0 unspecified atom stereocenters. The van der Waals surface area contributed by atoms with Crippen molar-refractivity contribution in [1.82, 2.24) is 9.97 Å². The zero-order chi connectivity index (χ0) is 18.9. The Bertz CT molecular complexity index is 1160. The number of nitrogens with one attached hydrogen (secondary N) is 1. The first-order valence-electron chi connectivity index (χ1n) is 9.59. The molecule has 3 aromatic carbocycles. The lowest BCUT2D eigenvalue weighted by molar-refractivity contribution is 0.102. The second kappa shape index (κ2) is 6.93. The third-order valence-corrected chi connectivity index (χ3v) is 5.20. The lowest BCUT2D eigenvalue weighted by atomic mass is 10.1. The van der Waals surface area contributed by atoms with Gasteiger partial charge in [-0.05, 0) is 67.4 Å². The van der Waals surface area contributed by atoms with Gasteiger partial charge in [0.15, 0.2) is 0 Å². The molecule has 1 N–H and O–H groups in total. The predicted octanol–water partition coefficient (Wildman–Crippen LogP) is 4.64. The highest BCUT2D eigenvalue weighted by Crippen LogP contribution is 2.23. The first-order chi connectivity index (χ1) is 13.8. The number of hydrogen-bond acceptors (Lipinski definition) is 4. The van der Waals surface area contributed by atoms with Crippen LogP contribution in [0.15, 0.2) is 66.7 Å². The maximum absolute atomic E-state index is 12.7. The number of hydrogen-bond donors (Lipinski definition) is 1. The molecular formula is C23H20N4O. The first kappa shape index (κ1) is 16.7. The quantitative estimate of drug-likeness (QED) is 0.536. The van der Waals surface area contributed by atoms with Crippen LogP contribution in [0.3, 0.4) is 0 Å². The Morgan fingerprint density at radius 3 is 2.14 bits per heavy atom. The summed E-state index contributed by atoms with van der Waals surface area (Å²) in [6.45, 7) is 2.22. The van der Waals surface area contributed by atoms with E-state index >= 15 is 0 Å². The van der Waals surface area contributed by atoms with E-state index in [-0.39, 0.29) is 5.91 Å². The SMILES string of the molecule is O=C(Nc1ccc(N2CCCC2)cc1)c1ccc2nc3ccccc3nc2c1. The van der Waals surface area contributed by atoms with Gasteiger partial charge in [-0.2, -0.15) is 0 Å². The highest BCUT2D eigenvalue weighted by molar-refractivity contribution is 6.06. The molecule has 2 heterocycles. The van der Waals surface area contributed by atoms with Crippen molar-refractivity contribution in [3.8, 4) is 0 Å². The summed E-state index contributed by atoms with van der Waals surface area (Å²) in [6.07, 6.45) is 2.50. The Kier molecular flexibility index (Phi) is 4.13. The number of fused-ring (bicyclic) bond motifs is 2. The number of aromatic nitrogens is 2. The molecule has 5 nitrogen and oxygen atoms in total. The third kappa shape index (κ3) is 3.16. The van der Waals surface area contributed by atoms with E-state index in [2.05, 4.69) is 32.3 Å². The molecule has 0 radical (unpaired) electrons. The van der Waals surface area contributed by atoms with Crippen molar-refractivity contribution in [2.75, 3.05) is 23.3 Å². The normalized spacial score (nSPS) is 13.9. The summed E-state index contributed by atoms with van der Waals surface area (Å²) >= 11 is 0. The average molecular weight is 368 g/mol. The molecule has 138 valence electrons. The molecule has 0 saturated carbocycles. The van der Waals surface area contributed by atoms with Gasteiger partial charge in [-0.15, -0.1) is 0 Å². The molecular weight excluding hydrogens is 348 g/mol. The van der Waals surface area contributed by atoms with E-state index in [9.17, 15) is 4.79 Å². The number of benzene rings is 3. The zero-order valence-corrected chi connectivity index (χ0v) is 15.4. The molecule has 0 aliphatic carbocycles. The van der Waals surface area contributed by atoms with Crippen LogP contribution in [0, 0.1) is 0 Å². The van der Waals surface area contributed by atoms with E-state index in [1.54, 1.807) is 12.1 Å². The molecule has 5 rings (SSSR count). The summed E-state index contributed by atoms with van der Waals surface area (Å²) in [7, 11) is 0. The number of amides is 1. The van der Waals surface area contributed by atoms with Gasteiger partial charge in [-0.3, -0.25) is 4.79 Å². The lowest BCUT2D eigenvalue weighted by Gasteiger charge is -2.17. The van der Waals surface area contributed by atoms with Crippen molar-refractivity contribution >= 4 is 39.3 Å². The van der Waals surface area contributed by atoms with Crippen molar-refractivity contribution < 1.29 is 4.79 Å². The minimum absolute atomic E-state index is 0.147. The van der Waals surface area contributed by atoms with Crippen molar-refractivity contribution in [3.63, 3.8) is 0 Å². The van der Waals surface area contributed by atoms with Crippen LogP contribution in [-0.4, -0.2) is 29.0 Å². The molecule has 0 bridgehead atoms. The molecule has 1 fully saturated rings. The molecule has 0 atom stereocenters. The second-order valence-corrected chi connectivity index (χ2v) is 7.11. The smallest absolute Gasteiger partial charge is 0.255 e. The van der Waals surface area contributed by atoms with Crippen LogP contribution in [0.25, 0.3) is 22.1 Å². The zero-order valence-electron chi connectivity index (χ0n) is 15.4. The Balaban J connectivity index is 1.38. The van der Waals surface area contributed by atoms with Crippen LogP contribution in [0.4, 0.5) is 11.4 Å². The summed E-state index contributed by atoms with van der Waals surface area (Å²) in [5.74, 6) is -0.147. The number of carbonyl (C=O) groups excluding carboxylic acids is 1. The van der Waals surface area contributed by atoms with Crippen molar-refractivity contribution in [2.24, 2.45) is 0 Å². The van der Waals surface area contributed by atoms with Crippen LogP contribution < -0.4 is 10.2 Å². The van der Waals surface area contributed by atoms with Crippen LogP contribution >= 0.6 is 0 Å². The van der Waals surface area contributed by atoms with Gasteiger partial charge in [0.05, 0.1) is 22.1 Å². The number of nitrogens with zero attached hydrogens (tertiary/aromatic N) is 3. The molecule has 5 heteroatoms. The van der Waals surface area contributed by atoms with E-state index in [1.165, 1.54) is 18.5 Å². The molecule has 1 aliphatic heterocycles. The van der Waals surface area contributed by atoms with Gasteiger partial charge >= 0.3 is 0 Å². The van der Waals surface area contributed by atoms with Gasteiger partial charge in [0, 0.05) is 30.0 Å². The van der Waals surface area contributed by atoms with Crippen molar-refractivity contribution in [3.05, 3.63) is 72.3 Å². The van der Waals surface area contributed by atoms with Crippen LogP contribution in [0.1, 0.15) is 23.2 Å². The Morgan fingerprint density at radius 1 is 0.786 bits per heavy atom. The Labute approximate surface area is 163 Å². The maximum atomic E-state index is 12.7. The van der Waals surface area contributed by atoms with Gasteiger partial charge in [-0.25, -0.2) is 9.97 Å². The third-order valence-electron chi connectivity index (χ3n) is 5.20. The first-order valence-corrected chi connectivity index (χ1v) is 9.59. The largest absolute Gasteiger partial charge is 0.372 e.